The SMILES string of the molecule is Cc1cc(CCl)nc(CSc2ccccc2C)n1. The van der Waals surface area contributed by atoms with E-state index in [1.807, 2.05) is 19.1 Å². The second kappa shape index (κ2) is 6.21. The molecule has 2 rings (SSSR count). The molecule has 4 heteroatoms. The fourth-order valence-electron chi connectivity index (χ4n) is 1.69. The van der Waals surface area contributed by atoms with Gasteiger partial charge in [0.25, 0.3) is 0 Å². The van der Waals surface area contributed by atoms with Gasteiger partial charge in [0.1, 0.15) is 5.82 Å². The second-order valence-electron chi connectivity index (χ2n) is 4.10. The van der Waals surface area contributed by atoms with Gasteiger partial charge in [0.15, 0.2) is 0 Å². The van der Waals surface area contributed by atoms with Crippen LogP contribution in [0.2, 0.25) is 0 Å². The lowest BCUT2D eigenvalue weighted by Crippen LogP contribution is -1.99. The molecule has 0 aliphatic carbocycles. The summed E-state index contributed by atoms with van der Waals surface area (Å²) in [6, 6.07) is 10.3. The van der Waals surface area contributed by atoms with Gasteiger partial charge in [-0.3, -0.25) is 0 Å². The zero-order valence-corrected chi connectivity index (χ0v) is 12.1. The Kier molecular flexibility index (Phi) is 4.61. The summed E-state index contributed by atoms with van der Waals surface area (Å²) in [7, 11) is 0. The molecule has 1 aromatic heterocycles. The number of benzene rings is 1. The molecule has 0 spiro atoms. The Bertz CT molecular complexity index is 543. The molecule has 0 fully saturated rings. The summed E-state index contributed by atoms with van der Waals surface area (Å²) in [6.07, 6.45) is 0. The van der Waals surface area contributed by atoms with Gasteiger partial charge in [-0.25, -0.2) is 9.97 Å². The maximum absolute atomic E-state index is 5.82. The van der Waals surface area contributed by atoms with Crippen LogP contribution in [0.3, 0.4) is 0 Å². The van der Waals surface area contributed by atoms with Crippen molar-refractivity contribution in [2.45, 2.75) is 30.4 Å². The predicted molar refractivity (Wildman–Crippen MR) is 77.1 cm³/mol. The molecule has 0 N–H and O–H groups in total. The third-order valence-corrected chi connectivity index (χ3v) is 3.99. The van der Waals surface area contributed by atoms with Crippen molar-refractivity contribution >= 4 is 23.4 Å². The summed E-state index contributed by atoms with van der Waals surface area (Å²) in [4.78, 5) is 10.1. The Hall–Kier alpha value is -1.06. The van der Waals surface area contributed by atoms with Crippen LogP contribution in [-0.4, -0.2) is 9.97 Å². The molecule has 0 bridgehead atoms. The van der Waals surface area contributed by atoms with Crippen molar-refractivity contribution in [3.05, 3.63) is 53.1 Å². The summed E-state index contributed by atoms with van der Waals surface area (Å²) in [5.41, 5.74) is 3.15. The standard InChI is InChI=1S/C14H15ClN2S/c1-10-5-3-4-6-13(10)18-9-14-16-11(2)7-12(8-15)17-14/h3-7H,8-9H2,1-2H3. The number of aromatic nitrogens is 2. The van der Waals surface area contributed by atoms with Crippen molar-refractivity contribution in [1.29, 1.82) is 0 Å². The number of aryl methyl sites for hydroxylation is 2. The maximum Gasteiger partial charge on any atom is 0.139 e. The average molecular weight is 279 g/mol. The highest BCUT2D eigenvalue weighted by Crippen LogP contribution is 2.24. The van der Waals surface area contributed by atoms with E-state index in [2.05, 4.69) is 35.1 Å². The van der Waals surface area contributed by atoms with E-state index in [0.29, 0.717) is 5.88 Å². The van der Waals surface area contributed by atoms with Gasteiger partial charge in [-0.2, -0.15) is 0 Å². The van der Waals surface area contributed by atoms with Gasteiger partial charge >= 0.3 is 0 Å². The van der Waals surface area contributed by atoms with Crippen LogP contribution in [0, 0.1) is 13.8 Å². The first-order chi connectivity index (χ1) is 8.69. The van der Waals surface area contributed by atoms with Gasteiger partial charge in [-0.1, -0.05) is 18.2 Å². The van der Waals surface area contributed by atoms with Crippen molar-refractivity contribution < 1.29 is 0 Å². The van der Waals surface area contributed by atoms with Gasteiger partial charge in [0.2, 0.25) is 0 Å². The Labute approximate surface area is 117 Å². The number of hydrogen-bond donors (Lipinski definition) is 0. The summed E-state index contributed by atoms with van der Waals surface area (Å²) in [5, 5.41) is 0. The lowest BCUT2D eigenvalue weighted by molar-refractivity contribution is 0.955. The molecule has 1 aromatic carbocycles. The van der Waals surface area contributed by atoms with E-state index in [-0.39, 0.29) is 0 Å². The van der Waals surface area contributed by atoms with Crippen molar-refractivity contribution in [3.63, 3.8) is 0 Å². The van der Waals surface area contributed by atoms with Gasteiger partial charge in [-0.05, 0) is 31.5 Å². The van der Waals surface area contributed by atoms with E-state index < -0.39 is 0 Å². The smallest absolute Gasteiger partial charge is 0.139 e. The molecule has 2 nitrogen and oxygen atoms in total. The van der Waals surface area contributed by atoms with Crippen molar-refractivity contribution in [3.8, 4) is 0 Å². The Morgan fingerprint density at radius 1 is 1.17 bits per heavy atom. The van der Waals surface area contributed by atoms with Crippen molar-refractivity contribution in [1.82, 2.24) is 9.97 Å². The molecule has 2 aromatic rings. The van der Waals surface area contributed by atoms with Gasteiger partial charge < -0.3 is 0 Å². The van der Waals surface area contributed by atoms with Crippen molar-refractivity contribution in [2.24, 2.45) is 0 Å². The first kappa shape index (κ1) is 13.4. The third-order valence-electron chi connectivity index (χ3n) is 2.54. The van der Waals surface area contributed by atoms with E-state index in [1.165, 1.54) is 10.5 Å². The van der Waals surface area contributed by atoms with E-state index in [0.717, 1.165) is 23.0 Å². The molecule has 0 saturated heterocycles. The highest BCUT2D eigenvalue weighted by molar-refractivity contribution is 7.98. The highest BCUT2D eigenvalue weighted by Gasteiger charge is 2.04. The molecule has 0 amide bonds. The molecule has 0 radical (unpaired) electrons. The molecule has 1 heterocycles. The molecule has 0 saturated carbocycles. The molecule has 18 heavy (non-hydrogen) atoms. The number of alkyl halides is 1. The average Bonchev–Trinajstić information content (AvgIpc) is 2.37. The minimum absolute atomic E-state index is 0.436. The number of hydrogen-bond acceptors (Lipinski definition) is 3. The molecule has 0 atom stereocenters. The first-order valence-corrected chi connectivity index (χ1v) is 7.29. The lowest BCUT2D eigenvalue weighted by atomic mass is 10.2. The minimum atomic E-state index is 0.436. The Balaban J connectivity index is 2.11. The zero-order chi connectivity index (χ0) is 13.0. The van der Waals surface area contributed by atoms with Crippen LogP contribution in [0.4, 0.5) is 0 Å². The largest absolute Gasteiger partial charge is 0.237 e. The van der Waals surface area contributed by atoms with E-state index in [9.17, 15) is 0 Å². The van der Waals surface area contributed by atoms with Crippen LogP contribution in [0.15, 0.2) is 35.2 Å². The minimum Gasteiger partial charge on any atom is -0.237 e. The van der Waals surface area contributed by atoms with Gasteiger partial charge in [-0.15, -0.1) is 23.4 Å². The number of halogens is 1. The fourth-order valence-corrected chi connectivity index (χ4v) is 2.71. The third kappa shape index (κ3) is 3.47. The van der Waals surface area contributed by atoms with Crippen molar-refractivity contribution in [2.75, 3.05) is 0 Å². The van der Waals surface area contributed by atoms with Crippen LogP contribution in [0.25, 0.3) is 0 Å². The van der Waals surface area contributed by atoms with E-state index in [4.69, 9.17) is 11.6 Å². The number of thioether (sulfide) groups is 1. The number of rotatable bonds is 4. The van der Waals surface area contributed by atoms with E-state index >= 15 is 0 Å². The highest BCUT2D eigenvalue weighted by atomic mass is 35.5. The number of nitrogens with zero attached hydrogens (tertiary/aromatic N) is 2. The van der Waals surface area contributed by atoms with Crippen LogP contribution in [-0.2, 0) is 11.6 Å². The summed E-state index contributed by atoms with van der Waals surface area (Å²) in [5.74, 6) is 2.06. The van der Waals surface area contributed by atoms with Crippen LogP contribution in [0.5, 0.6) is 0 Å². The topological polar surface area (TPSA) is 25.8 Å². The normalized spacial score (nSPS) is 10.6. The van der Waals surface area contributed by atoms with Crippen LogP contribution < -0.4 is 0 Å². The fraction of sp³-hybridized carbons (Fsp3) is 0.286. The Morgan fingerprint density at radius 3 is 2.67 bits per heavy atom. The summed E-state index contributed by atoms with van der Waals surface area (Å²) < 4.78 is 0. The first-order valence-electron chi connectivity index (χ1n) is 5.77. The second-order valence-corrected chi connectivity index (χ2v) is 5.39. The molecule has 0 aliphatic rings. The van der Waals surface area contributed by atoms with Gasteiger partial charge in [0, 0.05) is 10.6 Å². The van der Waals surface area contributed by atoms with E-state index in [1.54, 1.807) is 11.8 Å². The quantitative estimate of drug-likeness (QED) is 0.621. The van der Waals surface area contributed by atoms with Crippen LogP contribution in [0.1, 0.15) is 22.8 Å². The molecule has 94 valence electrons. The molecule has 0 aliphatic heterocycles. The predicted octanol–water partition coefficient (Wildman–Crippen LogP) is 4.12. The maximum atomic E-state index is 5.82. The van der Waals surface area contributed by atoms with Crippen LogP contribution >= 0.6 is 23.4 Å². The molecule has 0 unspecified atom stereocenters. The van der Waals surface area contributed by atoms with Gasteiger partial charge in [0.05, 0.1) is 17.3 Å². The molecular weight excluding hydrogens is 264 g/mol. The summed E-state index contributed by atoms with van der Waals surface area (Å²) in [6.45, 7) is 4.09. The zero-order valence-electron chi connectivity index (χ0n) is 10.5. The molecular formula is C14H15ClN2S. The monoisotopic (exact) mass is 278 g/mol. The Morgan fingerprint density at radius 2 is 1.94 bits per heavy atom. The lowest BCUT2D eigenvalue weighted by Gasteiger charge is -2.06. The summed E-state index contributed by atoms with van der Waals surface area (Å²) >= 11 is 7.58.